The number of rotatable bonds is 4. The van der Waals surface area contributed by atoms with Crippen LogP contribution in [0.3, 0.4) is 0 Å². The summed E-state index contributed by atoms with van der Waals surface area (Å²) < 4.78 is 5.37. The molecule has 1 aliphatic heterocycles. The van der Waals surface area contributed by atoms with Crippen LogP contribution in [0, 0.1) is 5.92 Å². The third kappa shape index (κ3) is 3.44. The van der Waals surface area contributed by atoms with E-state index in [9.17, 15) is 9.59 Å². The first-order valence-corrected chi connectivity index (χ1v) is 9.47. The molecule has 4 rings (SSSR count). The standard InChI is InChI=1S/C17H20N4O3S/c1-10(22)21-7-4-12(5-8-21)16(23)18-13-6-9-25-14(13)17-19-15(20-24-17)11-2-3-11/h6,9,11-12H,2-5,7-8H2,1H3,(H,18,23). The van der Waals surface area contributed by atoms with Crippen molar-refractivity contribution in [3.05, 3.63) is 17.3 Å². The molecule has 0 radical (unpaired) electrons. The van der Waals surface area contributed by atoms with Crippen LogP contribution in [0.1, 0.15) is 44.3 Å². The Hall–Kier alpha value is -2.22. The summed E-state index contributed by atoms with van der Waals surface area (Å²) >= 11 is 1.48. The number of carbonyl (C=O) groups excluding carboxylic acids is 2. The minimum Gasteiger partial charge on any atom is -0.343 e. The van der Waals surface area contributed by atoms with Gasteiger partial charge in [-0.15, -0.1) is 11.3 Å². The van der Waals surface area contributed by atoms with Crippen molar-refractivity contribution in [2.24, 2.45) is 5.92 Å². The van der Waals surface area contributed by atoms with E-state index in [1.54, 1.807) is 11.8 Å². The SMILES string of the molecule is CC(=O)N1CCC(C(=O)Nc2ccsc2-c2nc(C3CC3)no2)CC1. The number of aromatic nitrogens is 2. The summed E-state index contributed by atoms with van der Waals surface area (Å²) in [4.78, 5) is 31.0. The molecule has 2 amide bonds. The second-order valence-corrected chi connectivity index (χ2v) is 7.58. The van der Waals surface area contributed by atoms with Gasteiger partial charge in [-0.05, 0) is 37.1 Å². The molecule has 8 heteroatoms. The van der Waals surface area contributed by atoms with Gasteiger partial charge in [-0.1, -0.05) is 5.16 Å². The molecule has 25 heavy (non-hydrogen) atoms. The van der Waals surface area contributed by atoms with Gasteiger partial charge in [0.25, 0.3) is 5.89 Å². The van der Waals surface area contributed by atoms with Crippen molar-refractivity contribution in [3.63, 3.8) is 0 Å². The minimum absolute atomic E-state index is 0.00946. The molecule has 2 aromatic heterocycles. The van der Waals surface area contributed by atoms with Crippen molar-refractivity contribution in [3.8, 4) is 10.8 Å². The lowest BCUT2D eigenvalue weighted by Gasteiger charge is -2.30. The smallest absolute Gasteiger partial charge is 0.270 e. The van der Waals surface area contributed by atoms with Crippen LogP contribution in [-0.4, -0.2) is 39.9 Å². The lowest BCUT2D eigenvalue weighted by molar-refractivity contribution is -0.132. The fourth-order valence-electron chi connectivity index (χ4n) is 3.10. The molecule has 2 aliphatic rings. The monoisotopic (exact) mass is 360 g/mol. The van der Waals surface area contributed by atoms with Gasteiger partial charge in [0, 0.05) is 31.8 Å². The number of piperidine rings is 1. The highest BCUT2D eigenvalue weighted by atomic mass is 32.1. The minimum atomic E-state index is -0.0759. The van der Waals surface area contributed by atoms with Gasteiger partial charge in [-0.2, -0.15) is 4.98 Å². The largest absolute Gasteiger partial charge is 0.343 e. The third-order valence-corrected chi connectivity index (χ3v) is 5.72. The van der Waals surface area contributed by atoms with Crippen molar-refractivity contribution in [2.75, 3.05) is 18.4 Å². The van der Waals surface area contributed by atoms with E-state index in [4.69, 9.17) is 4.52 Å². The second kappa shape index (κ2) is 6.59. The number of nitrogens with zero attached hydrogens (tertiary/aromatic N) is 3. The Balaban J connectivity index is 1.42. The number of amides is 2. The third-order valence-electron chi connectivity index (χ3n) is 4.81. The van der Waals surface area contributed by atoms with Gasteiger partial charge in [0.2, 0.25) is 11.8 Å². The molecule has 132 valence electrons. The number of hydrogen-bond acceptors (Lipinski definition) is 6. The Bertz CT molecular complexity index is 787. The van der Waals surface area contributed by atoms with Crippen molar-refractivity contribution in [1.82, 2.24) is 15.0 Å². The molecule has 1 N–H and O–H groups in total. The van der Waals surface area contributed by atoms with Gasteiger partial charge < -0.3 is 14.7 Å². The van der Waals surface area contributed by atoms with Crippen LogP contribution in [0.15, 0.2) is 16.0 Å². The Kier molecular flexibility index (Phi) is 4.29. The van der Waals surface area contributed by atoms with E-state index >= 15 is 0 Å². The van der Waals surface area contributed by atoms with E-state index in [0.717, 1.165) is 29.2 Å². The Morgan fingerprint density at radius 3 is 2.72 bits per heavy atom. The first-order valence-electron chi connectivity index (χ1n) is 8.59. The molecule has 1 saturated heterocycles. The lowest BCUT2D eigenvalue weighted by Crippen LogP contribution is -2.40. The molecule has 0 unspecified atom stereocenters. The molecule has 0 atom stereocenters. The zero-order valence-electron chi connectivity index (χ0n) is 14.0. The first-order chi connectivity index (χ1) is 12.1. The summed E-state index contributed by atoms with van der Waals surface area (Å²) in [6.07, 6.45) is 3.62. The summed E-state index contributed by atoms with van der Waals surface area (Å²) in [5, 5.41) is 8.94. The number of anilines is 1. The highest BCUT2D eigenvalue weighted by molar-refractivity contribution is 7.14. The fraction of sp³-hybridized carbons (Fsp3) is 0.529. The van der Waals surface area contributed by atoms with Crippen LogP contribution in [0.5, 0.6) is 0 Å². The zero-order valence-corrected chi connectivity index (χ0v) is 14.8. The lowest BCUT2D eigenvalue weighted by atomic mass is 9.96. The average Bonchev–Trinajstić information content (AvgIpc) is 3.16. The molecule has 0 bridgehead atoms. The fourth-order valence-corrected chi connectivity index (χ4v) is 3.87. The Labute approximate surface area is 149 Å². The van der Waals surface area contributed by atoms with Crippen molar-refractivity contribution in [2.45, 2.75) is 38.5 Å². The number of likely N-dealkylation sites (tertiary alicyclic amines) is 1. The quantitative estimate of drug-likeness (QED) is 0.906. The molecule has 7 nitrogen and oxygen atoms in total. The predicted octanol–water partition coefficient (Wildman–Crippen LogP) is 2.87. The summed E-state index contributed by atoms with van der Waals surface area (Å²) in [6, 6.07) is 1.86. The second-order valence-electron chi connectivity index (χ2n) is 6.66. The summed E-state index contributed by atoms with van der Waals surface area (Å²) in [6.45, 7) is 2.84. The number of carbonyl (C=O) groups is 2. The summed E-state index contributed by atoms with van der Waals surface area (Å²) in [7, 11) is 0. The van der Waals surface area contributed by atoms with Crippen molar-refractivity contribution >= 4 is 28.8 Å². The van der Waals surface area contributed by atoms with Crippen molar-refractivity contribution in [1.29, 1.82) is 0 Å². The molecule has 1 saturated carbocycles. The normalized spacial score (nSPS) is 18.4. The molecule has 0 aromatic carbocycles. The van der Waals surface area contributed by atoms with E-state index in [2.05, 4.69) is 15.5 Å². The van der Waals surface area contributed by atoms with Gasteiger partial charge in [0.1, 0.15) is 4.88 Å². The predicted molar refractivity (Wildman–Crippen MR) is 93.2 cm³/mol. The van der Waals surface area contributed by atoms with E-state index in [0.29, 0.717) is 37.7 Å². The van der Waals surface area contributed by atoms with Crippen molar-refractivity contribution < 1.29 is 14.1 Å². The van der Waals surface area contributed by atoms with Gasteiger partial charge in [-0.25, -0.2) is 0 Å². The van der Waals surface area contributed by atoms with Gasteiger partial charge >= 0.3 is 0 Å². The summed E-state index contributed by atoms with van der Waals surface area (Å²) in [5.41, 5.74) is 0.718. The van der Waals surface area contributed by atoms with Crippen LogP contribution in [0.4, 0.5) is 5.69 Å². The van der Waals surface area contributed by atoms with Crippen LogP contribution < -0.4 is 5.32 Å². The average molecular weight is 360 g/mol. The zero-order chi connectivity index (χ0) is 17.4. The summed E-state index contributed by atoms with van der Waals surface area (Å²) in [5.74, 6) is 1.65. The molecule has 3 heterocycles. The molecule has 2 fully saturated rings. The van der Waals surface area contributed by atoms with Crippen LogP contribution in [0.25, 0.3) is 10.8 Å². The molecule has 0 spiro atoms. The highest BCUT2D eigenvalue weighted by Gasteiger charge is 2.30. The molecular weight excluding hydrogens is 340 g/mol. The molecule has 1 aliphatic carbocycles. The number of nitrogens with one attached hydrogen (secondary N) is 1. The van der Waals surface area contributed by atoms with Gasteiger partial charge in [0.05, 0.1) is 5.69 Å². The highest BCUT2D eigenvalue weighted by Crippen LogP contribution is 2.40. The maximum absolute atomic E-state index is 12.6. The van der Waals surface area contributed by atoms with Crippen LogP contribution >= 0.6 is 11.3 Å². The van der Waals surface area contributed by atoms with Crippen LogP contribution in [0.2, 0.25) is 0 Å². The van der Waals surface area contributed by atoms with Crippen LogP contribution in [-0.2, 0) is 9.59 Å². The number of thiophene rings is 1. The van der Waals surface area contributed by atoms with E-state index in [1.165, 1.54) is 11.3 Å². The first kappa shape index (κ1) is 16.3. The van der Waals surface area contributed by atoms with Gasteiger partial charge in [-0.3, -0.25) is 9.59 Å². The maximum atomic E-state index is 12.6. The molecular formula is C17H20N4O3S. The number of hydrogen-bond donors (Lipinski definition) is 1. The Morgan fingerprint density at radius 1 is 1.28 bits per heavy atom. The Morgan fingerprint density at radius 2 is 2.04 bits per heavy atom. The molecule has 2 aromatic rings. The van der Waals surface area contributed by atoms with E-state index < -0.39 is 0 Å². The van der Waals surface area contributed by atoms with Gasteiger partial charge in [0.15, 0.2) is 5.82 Å². The van der Waals surface area contributed by atoms with E-state index in [-0.39, 0.29) is 17.7 Å². The topological polar surface area (TPSA) is 88.3 Å². The maximum Gasteiger partial charge on any atom is 0.270 e. The van der Waals surface area contributed by atoms with E-state index in [1.807, 2.05) is 11.4 Å².